The van der Waals surface area contributed by atoms with Crippen LogP contribution in [-0.2, 0) is 30.6 Å². The van der Waals surface area contributed by atoms with Crippen LogP contribution in [0.15, 0.2) is 6.20 Å². The summed E-state index contributed by atoms with van der Waals surface area (Å²) in [5.74, 6) is -0.0933. The number of aromatic nitrogens is 4. The molecule has 166 valence electrons. The Bertz CT molecular complexity index is 899. The molecule has 2 aromatic heterocycles. The van der Waals surface area contributed by atoms with Crippen molar-refractivity contribution in [2.45, 2.75) is 53.0 Å². The van der Waals surface area contributed by atoms with E-state index in [4.69, 9.17) is 11.6 Å². The van der Waals surface area contributed by atoms with Crippen molar-refractivity contribution in [3.63, 3.8) is 0 Å². The van der Waals surface area contributed by atoms with Gasteiger partial charge in [0.1, 0.15) is 0 Å². The summed E-state index contributed by atoms with van der Waals surface area (Å²) < 4.78 is 41.9. The van der Waals surface area contributed by atoms with E-state index < -0.39 is 16.9 Å². The Morgan fingerprint density at radius 3 is 2.37 bits per heavy atom. The molecule has 0 aliphatic carbocycles. The Balaban J connectivity index is 1.50. The molecule has 0 saturated carbocycles. The van der Waals surface area contributed by atoms with Crippen LogP contribution in [0.5, 0.6) is 0 Å². The molecule has 0 radical (unpaired) electrons. The predicted octanol–water partition coefficient (Wildman–Crippen LogP) is 3.12. The maximum Gasteiger partial charge on any atom is 0.436 e. The van der Waals surface area contributed by atoms with Crippen molar-refractivity contribution in [3.05, 3.63) is 33.9 Å². The summed E-state index contributed by atoms with van der Waals surface area (Å²) in [7, 11) is 0. The second kappa shape index (κ2) is 8.97. The van der Waals surface area contributed by atoms with E-state index >= 15 is 0 Å². The van der Waals surface area contributed by atoms with Crippen molar-refractivity contribution < 1.29 is 18.0 Å². The Labute approximate surface area is 178 Å². The quantitative estimate of drug-likeness (QED) is 0.684. The zero-order valence-electron chi connectivity index (χ0n) is 17.3. The SMILES string of the molecule is CCn1cc(CN2CCN(C(=O)CCn3nc(C(F)(F)F)c(Cl)c3C)CC2)c(C)n1. The topological polar surface area (TPSA) is 59.2 Å². The van der Waals surface area contributed by atoms with Gasteiger partial charge in [0.15, 0.2) is 5.69 Å². The molecule has 30 heavy (non-hydrogen) atoms. The Kier molecular flexibility index (Phi) is 6.76. The van der Waals surface area contributed by atoms with Gasteiger partial charge < -0.3 is 4.90 Å². The number of halogens is 4. The Hall–Kier alpha value is -2.07. The lowest BCUT2D eigenvalue weighted by Crippen LogP contribution is -2.48. The van der Waals surface area contributed by atoms with E-state index in [1.54, 1.807) is 4.90 Å². The zero-order valence-corrected chi connectivity index (χ0v) is 18.1. The van der Waals surface area contributed by atoms with Gasteiger partial charge in [-0.1, -0.05) is 11.6 Å². The van der Waals surface area contributed by atoms with Crippen molar-refractivity contribution >= 4 is 17.5 Å². The van der Waals surface area contributed by atoms with Gasteiger partial charge in [0.05, 0.1) is 23.0 Å². The number of aryl methyl sites for hydroxylation is 3. The summed E-state index contributed by atoms with van der Waals surface area (Å²) in [6, 6.07) is 0. The Morgan fingerprint density at radius 2 is 1.83 bits per heavy atom. The average molecular weight is 447 g/mol. The van der Waals surface area contributed by atoms with E-state index in [9.17, 15) is 18.0 Å². The highest BCUT2D eigenvalue weighted by Gasteiger charge is 2.38. The number of hydrogen-bond donors (Lipinski definition) is 0. The minimum Gasteiger partial charge on any atom is -0.340 e. The molecule has 0 spiro atoms. The van der Waals surface area contributed by atoms with Gasteiger partial charge in [0.25, 0.3) is 0 Å². The molecule has 1 aliphatic heterocycles. The van der Waals surface area contributed by atoms with Gasteiger partial charge in [-0.15, -0.1) is 0 Å². The molecule has 0 atom stereocenters. The first kappa shape index (κ1) is 22.6. The third-order valence-electron chi connectivity index (χ3n) is 5.43. The molecule has 1 saturated heterocycles. The highest BCUT2D eigenvalue weighted by molar-refractivity contribution is 6.31. The monoisotopic (exact) mass is 446 g/mol. The lowest BCUT2D eigenvalue weighted by Gasteiger charge is -2.34. The van der Waals surface area contributed by atoms with Gasteiger partial charge >= 0.3 is 6.18 Å². The van der Waals surface area contributed by atoms with Crippen molar-refractivity contribution in [1.82, 2.24) is 29.4 Å². The zero-order chi connectivity index (χ0) is 22.1. The first-order valence-corrected chi connectivity index (χ1v) is 10.3. The molecule has 1 amide bonds. The van der Waals surface area contributed by atoms with E-state index in [2.05, 4.69) is 21.3 Å². The third kappa shape index (κ3) is 4.97. The molecule has 0 unspecified atom stereocenters. The van der Waals surface area contributed by atoms with Crippen LogP contribution < -0.4 is 0 Å². The molecule has 3 heterocycles. The smallest absolute Gasteiger partial charge is 0.340 e. The largest absolute Gasteiger partial charge is 0.436 e. The summed E-state index contributed by atoms with van der Waals surface area (Å²) in [6.07, 6.45) is -2.47. The van der Waals surface area contributed by atoms with Gasteiger partial charge in [0.2, 0.25) is 5.91 Å². The number of alkyl halides is 3. The van der Waals surface area contributed by atoms with Crippen LogP contribution in [0.3, 0.4) is 0 Å². The standard InChI is InChI=1S/C19H26ClF3N6O/c1-4-28-12-15(13(2)24-28)11-26-7-9-27(10-8-26)16(30)5-6-29-14(3)17(20)18(25-29)19(21,22)23/h12H,4-11H2,1-3H3. The second-order valence-corrected chi connectivity index (χ2v) is 7.85. The van der Waals surface area contributed by atoms with Crippen LogP contribution in [0.2, 0.25) is 5.02 Å². The number of amides is 1. The lowest BCUT2D eigenvalue weighted by atomic mass is 10.2. The van der Waals surface area contributed by atoms with Gasteiger partial charge in [0, 0.05) is 57.4 Å². The first-order chi connectivity index (χ1) is 14.1. The number of carbonyl (C=O) groups excluding carboxylic acids is 1. The van der Waals surface area contributed by atoms with Crippen LogP contribution in [0, 0.1) is 13.8 Å². The normalized spacial score (nSPS) is 15.8. The summed E-state index contributed by atoms with van der Waals surface area (Å²) in [5.41, 5.74) is 1.30. The van der Waals surface area contributed by atoms with Crippen LogP contribution in [-0.4, -0.2) is 61.4 Å². The summed E-state index contributed by atoms with van der Waals surface area (Å²) >= 11 is 5.76. The van der Waals surface area contributed by atoms with Gasteiger partial charge in [-0.25, -0.2) is 0 Å². The molecular formula is C19H26ClF3N6O. The van der Waals surface area contributed by atoms with Crippen molar-refractivity contribution in [2.75, 3.05) is 26.2 Å². The number of hydrogen-bond acceptors (Lipinski definition) is 4. The molecule has 1 fully saturated rings. The maximum absolute atomic E-state index is 12.9. The van der Waals surface area contributed by atoms with Gasteiger partial charge in [-0.2, -0.15) is 23.4 Å². The first-order valence-electron chi connectivity index (χ1n) is 9.93. The van der Waals surface area contributed by atoms with Crippen molar-refractivity contribution in [1.29, 1.82) is 0 Å². The Morgan fingerprint density at radius 1 is 1.17 bits per heavy atom. The maximum atomic E-state index is 12.9. The van der Waals surface area contributed by atoms with Crippen LogP contribution in [0.4, 0.5) is 13.2 Å². The third-order valence-corrected chi connectivity index (χ3v) is 5.88. The van der Waals surface area contributed by atoms with E-state index in [0.717, 1.165) is 36.6 Å². The molecule has 11 heteroatoms. The van der Waals surface area contributed by atoms with Crippen LogP contribution in [0.25, 0.3) is 0 Å². The molecule has 1 aliphatic rings. The number of carbonyl (C=O) groups is 1. The lowest BCUT2D eigenvalue weighted by molar-refractivity contribution is -0.141. The van der Waals surface area contributed by atoms with Gasteiger partial charge in [-0.05, 0) is 20.8 Å². The van der Waals surface area contributed by atoms with Crippen LogP contribution >= 0.6 is 11.6 Å². The molecule has 0 aromatic carbocycles. The molecule has 0 bridgehead atoms. The highest BCUT2D eigenvalue weighted by atomic mass is 35.5. The van der Waals surface area contributed by atoms with Crippen LogP contribution in [0.1, 0.15) is 36.0 Å². The fourth-order valence-corrected chi connectivity index (χ4v) is 3.80. The summed E-state index contributed by atoms with van der Waals surface area (Å²) in [4.78, 5) is 16.6. The minimum absolute atomic E-state index is 0.0656. The van der Waals surface area contributed by atoms with E-state index in [1.165, 1.54) is 12.5 Å². The van der Waals surface area contributed by atoms with E-state index in [1.807, 2.05) is 18.5 Å². The minimum atomic E-state index is -4.61. The summed E-state index contributed by atoms with van der Waals surface area (Å²) in [5, 5.41) is 7.59. The van der Waals surface area contributed by atoms with Crippen molar-refractivity contribution in [2.24, 2.45) is 0 Å². The number of piperazine rings is 1. The molecule has 2 aromatic rings. The van der Waals surface area contributed by atoms with E-state index in [0.29, 0.717) is 13.1 Å². The fraction of sp³-hybridized carbons (Fsp3) is 0.632. The predicted molar refractivity (Wildman–Crippen MR) is 106 cm³/mol. The van der Waals surface area contributed by atoms with Gasteiger partial charge in [-0.3, -0.25) is 19.1 Å². The molecule has 0 N–H and O–H groups in total. The van der Waals surface area contributed by atoms with E-state index in [-0.39, 0.29) is 24.6 Å². The number of rotatable bonds is 6. The molecule has 7 nitrogen and oxygen atoms in total. The fourth-order valence-electron chi connectivity index (χ4n) is 3.56. The van der Waals surface area contributed by atoms with Crippen molar-refractivity contribution in [3.8, 4) is 0 Å². The molecular weight excluding hydrogens is 421 g/mol. The number of nitrogens with zero attached hydrogens (tertiary/aromatic N) is 6. The highest BCUT2D eigenvalue weighted by Crippen LogP contribution is 2.35. The average Bonchev–Trinajstić information content (AvgIpc) is 3.20. The molecule has 3 rings (SSSR count). The summed E-state index contributed by atoms with van der Waals surface area (Å²) in [6.45, 7) is 9.86. The second-order valence-electron chi connectivity index (χ2n) is 7.47.